The lowest BCUT2D eigenvalue weighted by Gasteiger charge is -1.90. The van der Waals surface area contributed by atoms with E-state index < -0.39 is 0 Å². The summed E-state index contributed by atoms with van der Waals surface area (Å²) in [6, 6.07) is 8.45. The van der Waals surface area contributed by atoms with Crippen LogP contribution in [0.1, 0.15) is 11.1 Å². The maximum absolute atomic E-state index is 7.00. The second-order valence-electron chi connectivity index (χ2n) is 2.16. The summed E-state index contributed by atoms with van der Waals surface area (Å²) in [6.07, 6.45) is 0. The van der Waals surface area contributed by atoms with Crippen molar-refractivity contribution in [2.24, 2.45) is 0 Å². The molecule has 1 aromatic carbocycles. The van der Waals surface area contributed by atoms with Gasteiger partial charge in [-0.05, 0) is 13.8 Å². The summed E-state index contributed by atoms with van der Waals surface area (Å²) in [5.41, 5.74) is 2.68. The number of hydrogen-bond acceptors (Lipinski definition) is 1. The molecule has 2 heteroatoms. The summed E-state index contributed by atoms with van der Waals surface area (Å²) >= 11 is 0. The normalized spacial score (nSPS) is 7.27. The summed E-state index contributed by atoms with van der Waals surface area (Å²) in [5, 5.41) is 7.00. The van der Waals surface area contributed by atoms with E-state index in [-0.39, 0.29) is 5.48 Å². The van der Waals surface area contributed by atoms with Crippen molar-refractivity contribution in [3.63, 3.8) is 0 Å². The molecule has 0 aliphatic carbocycles. The molecule has 1 aromatic rings. The van der Waals surface area contributed by atoms with E-state index in [2.05, 4.69) is 38.1 Å². The zero-order chi connectivity index (χ0) is 7.98. The van der Waals surface area contributed by atoms with Gasteiger partial charge < -0.3 is 10.6 Å². The van der Waals surface area contributed by atoms with E-state index in [1.54, 1.807) is 0 Å². The number of aliphatic hydroxyl groups excluding tert-OH is 1. The Kier molecular flexibility index (Phi) is 8.43. The monoisotopic (exact) mass is 156 g/mol. The van der Waals surface area contributed by atoms with E-state index in [1.165, 1.54) is 11.1 Å². The first-order valence-electron chi connectivity index (χ1n) is 3.27. The molecule has 0 atom stereocenters. The van der Waals surface area contributed by atoms with Crippen LogP contribution in [0.15, 0.2) is 24.3 Å². The summed E-state index contributed by atoms with van der Waals surface area (Å²) < 4.78 is 0. The first kappa shape index (κ1) is 12.8. The van der Waals surface area contributed by atoms with Crippen LogP contribution in [0, 0.1) is 13.8 Å². The van der Waals surface area contributed by atoms with Crippen molar-refractivity contribution in [2.45, 2.75) is 13.8 Å². The summed E-state index contributed by atoms with van der Waals surface area (Å²) in [7, 11) is 1.00. The molecule has 1 rings (SSSR count). The largest absolute Gasteiger partial charge is 0.412 e. The lowest BCUT2D eigenvalue weighted by atomic mass is 10.2. The van der Waals surface area contributed by atoms with E-state index in [9.17, 15) is 0 Å². The standard InChI is InChI=1S/C8H10.CH4O.H2O/c1-7-4-3-5-8(2)6-7;1-2;/h3-6H,1-2H3;2H,1H3;1H2. The van der Waals surface area contributed by atoms with Gasteiger partial charge in [0.05, 0.1) is 0 Å². The fourth-order valence-corrected chi connectivity index (χ4v) is 0.807. The smallest absolute Gasteiger partial charge is 0.0319 e. The molecule has 64 valence electrons. The van der Waals surface area contributed by atoms with E-state index in [0.29, 0.717) is 0 Å². The van der Waals surface area contributed by atoms with E-state index in [1.807, 2.05) is 0 Å². The number of aliphatic hydroxyl groups is 1. The second kappa shape index (κ2) is 7.25. The van der Waals surface area contributed by atoms with Crippen LogP contribution >= 0.6 is 0 Å². The molecule has 3 N–H and O–H groups in total. The van der Waals surface area contributed by atoms with Crippen molar-refractivity contribution in [2.75, 3.05) is 7.11 Å². The molecule has 0 radical (unpaired) electrons. The molecule has 0 amide bonds. The van der Waals surface area contributed by atoms with Gasteiger partial charge in [-0.1, -0.05) is 35.4 Å². The Morgan fingerprint density at radius 2 is 1.36 bits per heavy atom. The van der Waals surface area contributed by atoms with Crippen LogP contribution in [0.2, 0.25) is 0 Å². The van der Waals surface area contributed by atoms with Crippen molar-refractivity contribution in [3.05, 3.63) is 35.4 Å². The molecule has 0 unspecified atom stereocenters. The minimum absolute atomic E-state index is 0. The average molecular weight is 156 g/mol. The van der Waals surface area contributed by atoms with Crippen LogP contribution in [-0.4, -0.2) is 17.7 Å². The molecule has 0 aromatic heterocycles. The highest BCUT2D eigenvalue weighted by molar-refractivity contribution is 5.20. The Morgan fingerprint density at radius 3 is 1.55 bits per heavy atom. The Labute approximate surface area is 67.8 Å². The fraction of sp³-hybridized carbons (Fsp3) is 0.333. The van der Waals surface area contributed by atoms with Crippen LogP contribution < -0.4 is 0 Å². The third-order valence-electron chi connectivity index (χ3n) is 1.17. The average Bonchev–Trinajstić information content (AvgIpc) is 1.91. The van der Waals surface area contributed by atoms with Crippen molar-refractivity contribution >= 4 is 0 Å². The second-order valence-corrected chi connectivity index (χ2v) is 2.16. The van der Waals surface area contributed by atoms with Gasteiger partial charge in [0.25, 0.3) is 0 Å². The van der Waals surface area contributed by atoms with Crippen LogP contribution in [0.3, 0.4) is 0 Å². The molecule has 0 saturated carbocycles. The highest BCUT2D eigenvalue weighted by Crippen LogP contribution is 2.00. The highest BCUT2D eigenvalue weighted by Gasteiger charge is 1.80. The van der Waals surface area contributed by atoms with Crippen LogP contribution in [0.5, 0.6) is 0 Å². The quantitative estimate of drug-likeness (QED) is 0.600. The maximum atomic E-state index is 7.00. The van der Waals surface area contributed by atoms with E-state index >= 15 is 0 Å². The number of hydrogen-bond donors (Lipinski definition) is 1. The zero-order valence-corrected chi connectivity index (χ0v) is 7.26. The molecule has 11 heavy (non-hydrogen) atoms. The minimum Gasteiger partial charge on any atom is -0.412 e. The predicted molar refractivity (Wildman–Crippen MR) is 47.7 cm³/mol. The molecule has 0 saturated heterocycles. The molecule has 0 heterocycles. The third kappa shape index (κ3) is 5.58. The lowest BCUT2D eigenvalue weighted by molar-refractivity contribution is 0.399. The molecule has 0 spiro atoms. The molecule has 2 nitrogen and oxygen atoms in total. The topological polar surface area (TPSA) is 51.7 Å². The predicted octanol–water partition coefficient (Wildman–Crippen LogP) is 1.09. The van der Waals surface area contributed by atoms with Gasteiger partial charge in [-0.3, -0.25) is 0 Å². The van der Waals surface area contributed by atoms with Crippen molar-refractivity contribution in [1.82, 2.24) is 0 Å². The molecule has 0 bridgehead atoms. The van der Waals surface area contributed by atoms with Gasteiger partial charge in [0.15, 0.2) is 0 Å². The summed E-state index contributed by atoms with van der Waals surface area (Å²) in [6.45, 7) is 4.21. The summed E-state index contributed by atoms with van der Waals surface area (Å²) in [4.78, 5) is 0. The number of benzene rings is 1. The highest BCUT2D eigenvalue weighted by atomic mass is 16.2. The maximum Gasteiger partial charge on any atom is 0.0319 e. The Balaban J connectivity index is 0. The lowest BCUT2D eigenvalue weighted by Crippen LogP contribution is -1.71. The van der Waals surface area contributed by atoms with Crippen molar-refractivity contribution in [1.29, 1.82) is 0 Å². The first-order chi connectivity index (χ1) is 4.79. The summed E-state index contributed by atoms with van der Waals surface area (Å²) in [5.74, 6) is 0. The SMILES string of the molecule is CO.Cc1cccc(C)c1.O. The third-order valence-corrected chi connectivity index (χ3v) is 1.17. The molecular formula is C9H16O2. The van der Waals surface area contributed by atoms with E-state index in [4.69, 9.17) is 5.11 Å². The number of aryl methyl sites for hydroxylation is 2. The van der Waals surface area contributed by atoms with Crippen LogP contribution in [0.4, 0.5) is 0 Å². The van der Waals surface area contributed by atoms with E-state index in [0.717, 1.165) is 7.11 Å². The number of rotatable bonds is 0. The first-order valence-corrected chi connectivity index (χ1v) is 3.27. The molecular weight excluding hydrogens is 140 g/mol. The van der Waals surface area contributed by atoms with Crippen molar-refractivity contribution in [3.8, 4) is 0 Å². The van der Waals surface area contributed by atoms with Crippen LogP contribution in [-0.2, 0) is 0 Å². The van der Waals surface area contributed by atoms with Gasteiger partial charge >= 0.3 is 0 Å². The molecule has 0 aliphatic rings. The molecule has 0 aliphatic heterocycles. The Morgan fingerprint density at radius 1 is 1.00 bits per heavy atom. The van der Waals surface area contributed by atoms with Crippen molar-refractivity contribution < 1.29 is 10.6 Å². The van der Waals surface area contributed by atoms with Gasteiger partial charge in [-0.25, -0.2) is 0 Å². The van der Waals surface area contributed by atoms with Gasteiger partial charge in [-0.2, -0.15) is 0 Å². The molecule has 0 fully saturated rings. The zero-order valence-electron chi connectivity index (χ0n) is 7.26. The van der Waals surface area contributed by atoms with Gasteiger partial charge in [0, 0.05) is 7.11 Å². The fourth-order valence-electron chi connectivity index (χ4n) is 0.807. The van der Waals surface area contributed by atoms with Crippen LogP contribution in [0.25, 0.3) is 0 Å². The minimum atomic E-state index is 0. The van der Waals surface area contributed by atoms with Gasteiger partial charge in [0.2, 0.25) is 0 Å². The van der Waals surface area contributed by atoms with Gasteiger partial charge in [0.1, 0.15) is 0 Å². The van der Waals surface area contributed by atoms with Gasteiger partial charge in [-0.15, -0.1) is 0 Å². The Hall–Kier alpha value is -0.860. The Bertz CT molecular complexity index is 167.